The van der Waals surface area contributed by atoms with E-state index in [9.17, 15) is 13.2 Å². The summed E-state index contributed by atoms with van der Waals surface area (Å²) in [6.45, 7) is 6.60. The van der Waals surface area contributed by atoms with Crippen LogP contribution in [0.4, 0.5) is 0 Å². The smallest absolute Gasteiger partial charge is 0.338 e. The van der Waals surface area contributed by atoms with Crippen LogP contribution in [0.3, 0.4) is 0 Å². The first-order chi connectivity index (χ1) is 13.9. The zero-order valence-electron chi connectivity index (χ0n) is 16.9. The number of benzene rings is 2. The minimum atomic E-state index is -3.69. The Balaban J connectivity index is 1.58. The van der Waals surface area contributed by atoms with Gasteiger partial charge < -0.3 is 4.74 Å². The molecule has 7 heteroatoms. The predicted molar refractivity (Wildman–Crippen MR) is 112 cm³/mol. The molecule has 2 aromatic carbocycles. The van der Waals surface area contributed by atoms with E-state index in [1.165, 1.54) is 23.3 Å². The Morgan fingerprint density at radius 1 is 1.14 bits per heavy atom. The first kappa shape index (κ1) is 21.5. The molecule has 2 aromatic rings. The maximum Gasteiger partial charge on any atom is 0.338 e. The molecule has 1 saturated heterocycles. The van der Waals surface area contributed by atoms with Crippen molar-refractivity contribution in [1.29, 1.82) is 0 Å². The Hall–Kier alpha value is -2.22. The van der Waals surface area contributed by atoms with E-state index in [-0.39, 0.29) is 23.1 Å². The van der Waals surface area contributed by atoms with Crippen molar-refractivity contribution in [3.05, 3.63) is 65.2 Å². The number of hydrogen-bond acceptors (Lipinski definition) is 5. The number of carbonyl (C=O) groups is 1. The fourth-order valence-corrected chi connectivity index (χ4v) is 4.92. The monoisotopic (exact) mass is 416 g/mol. The molecule has 1 fully saturated rings. The summed E-state index contributed by atoms with van der Waals surface area (Å²) in [5.41, 5.74) is 2.76. The minimum absolute atomic E-state index is 0.0882. The second kappa shape index (κ2) is 9.52. The summed E-state index contributed by atoms with van der Waals surface area (Å²) in [4.78, 5) is 14.3. The highest BCUT2D eigenvalue weighted by molar-refractivity contribution is 7.89. The molecule has 0 spiro atoms. The fourth-order valence-electron chi connectivity index (χ4n) is 3.57. The van der Waals surface area contributed by atoms with Gasteiger partial charge in [0.25, 0.3) is 0 Å². The first-order valence-corrected chi connectivity index (χ1v) is 11.4. The van der Waals surface area contributed by atoms with Gasteiger partial charge >= 0.3 is 5.97 Å². The van der Waals surface area contributed by atoms with Gasteiger partial charge in [-0.1, -0.05) is 35.9 Å². The SMILES string of the molecule is CCOC(=O)c1cccc(S(=O)(=O)NC2CCN(Cc3cccc(C)c3)CC2)c1. The zero-order chi connectivity index (χ0) is 20.9. The van der Waals surface area contributed by atoms with Crippen LogP contribution in [0, 0.1) is 6.92 Å². The summed E-state index contributed by atoms with van der Waals surface area (Å²) in [7, 11) is -3.69. The van der Waals surface area contributed by atoms with Gasteiger partial charge in [-0.15, -0.1) is 0 Å². The second-order valence-electron chi connectivity index (χ2n) is 7.41. The first-order valence-electron chi connectivity index (χ1n) is 9.95. The number of sulfonamides is 1. The number of aryl methyl sites for hydroxylation is 1. The summed E-state index contributed by atoms with van der Waals surface area (Å²) in [5.74, 6) is -0.519. The molecular formula is C22H28N2O4S. The normalized spacial score (nSPS) is 15.9. The molecule has 29 heavy (non-hydrogen) atoms. The van der Waals surface area contributed by atoms with Gasteiger partial charge in [0, 0.05) is 25.7 Å². The number of hydrogen-bond donors (Lipinski definition) is 1. The molecule has 1 aliphatic rings. The number of piperidine rings is 1. The molecule has 0 saturated carbocycles. The van der Waals surface area contributed by atoms with Crippen molar-refractivity contribution in [1.82, 2.24) is 9.62 Å². The molecule has 156 valence electrons. The predicted octanol–water partition coefficient (Wildman–Crippen LogP) is 3.11. The van der Waals surface area contributed by atoms with Crippen molar-refractivity contribution in [2.45, 2.75) is 44.2 Å². The van der Waals surface area contributed by atoms with Crippen molar-refractivity contribution in [2.24, 2.45) is 0 Å². The van der Waals surface area contributed by atoms with Crippen LogP contribution in [-0.2, 0) is 21.3 Å². The van der Waals surface area contributed by atoms with E-state index in [1.807, 2.05) is 0 Å². The highest BCUT2D eigenvalue weighted by Crippen LogP contribution is 2.18. The lowest BCUT2D eigenvalue weighted by Gasteiger charge is -2.32. The Kier molecular flexibility index (Phi) is 7.05. The molecule has 0 aliphatic carbocycles. The van der Waals surface area contributed by atoms with Gasteiger partial charge in [0.1, 0.15) is 0 Å². The number of esters is 1. The van der Waals surface area contributed by atoms with E-state index in [2.05, 4.69) is 40.8 Å². The van der Waals surface area contributed by atoms with Crippen LogP contribution < -0.4 is 4.72 Å². The van der Waals surface area contributed by atoms with Gasteiger partial charge in [-0.05, 0) is 50.5 Å². The van der Waals surface area contributed by atoms with Crippen molar-refractivity contribution in [3.8, 4) is 0 Å². The van der Waals surface area contributed by atoms with Crippen molar-refractivity contribution < 1.29 is 17.9 Å². The molecule has 1 N–H and O–H groups in total. The van der Waals surface area contributed by atoms with Crippen molar-refractivity contribution in [2.75, 3.05) is 19.7 Å². The number of rotatable bonds is 7. The summed E-state index contributed by atoms with van der Waals surface area (Å²) in [6, 6.07) is 14.3. The van der Waals surface area contributed by atoms with Crippen LogP contribution >= 0.6 is 0 Å². The van der Waals surface area contributed by atoms with Gasteiger partial charge in [0.05, 0.1) is 17.1 Å². The molecule has 0 unspecified atom stereocenters. The summed E-state index contributed by atoms with van der Waals surface area (Å²) >= 11 is 0. The fraction of sp³-hybridized carbons (Fsp3) is 0.409. The van der Waals surface area contributed by atoms with Crippen LogP contribution in [-0.4, -0.2) is 45.0 Å². The van der Waals surface area contributed by atoms with Crippen LogP contribution in [0.1, 0.15) is 41.3 Å². The third-order valence-corrected chi connectivity index (χ3v) is 6.57. The molecule has 0 aromatic heterocycles. The third kappa shape index (κ3) is 5.88. The number of carbonyl (C=O) groups excluding carboxylic acids is 1. The Bertz CT molecular complexity index is 951. The van der Waals surface area contributed by atoms with E-state index in [4.69, 9.17) is 4.74 Å². The summed E-state index contributed by atoms with van der Waals surface area (Å²) < 4.78 is 33.3. The average molecular weight is 417 g/mol. The maximum absolute atomic E-state index is 12.8. The molecule has 6 nitrogen and oxygen atoms in total. The lowest BCUT2D eigenvalue weighted by atomic mass is 10.0. The highest BCUT2D eigenvalue weighted by atomic mass is 32.2. The van der Waals surface area contributed by atoms with Crippen molar-refractivity contribution in [3.63, 3.8) is 0 Å². The number of nitrogens with zero attached hydrogens (tertiary/aromatic N) is 1. The van der Waals surface area contributed by atoms with E-state index in [0.717, 1.165) is 32.5 Å². The Morgan fingerprint density at radius 2 is 1.86 bits per heavy atom. The van der Waals surface area contributed by atoms with Crippen molar-refractivity contribution >= 4 is 16.0 Å². The zero-order valence-corrected chi connectivity index (χ0v) is 17.7. The minimum Gasteiger partial charge on any atom is -0.462 e. The Morgan fingerprint density at radius 3 is 2.55 bits per heavy atom. The molecule has 0 atom stereocenters. The molecule has 0 amide bonds. The largest absolute Gasteiger partial charge is 0.462 e. The van der Waals surface area contributed by atoms with Crippen LogP contribution in [0.25, 0.3) is 0 Å². The quantitative estimate of drug-likeness (QED) is 0.702. The molecule has 0 bridgehead atoms. The van der Waals surface area contributed by atoms with E-state index in [0.29, 0.717) is 0 Å². The standard InChI is InChI=1S/C22H28N2O4S/c1-3-28-22(25)19-8-5-9-21(15-19)29(26,27)23-20-10-12-24(13-11-20)16-18-7-4-6-17(2)14-18/h4-9,14-15,20,23H,3,10-13,16H2,1-2H3. The molecular weight excluding hydrogens is 388 g/mol. The van der Waals surface area contributed by atoms with Gasteiger partial charge in [-0.2, -0.15) is 0 Å². The number of ether oxygens (including phenoxy) is 1. The van der Waals surface area contributed by atoms with Crippen LogP contribution in [0.15, 0.2) is 53.4 Å². The molecule has 1 heterocycles. The Labute approximate surface area is 172 Å². The average Bonchev–Trinajstić information content (AvgIpc) is 2.70. The lowest BCUT2D eigenvalue weighted by Crippen LogP contribution is -2.44. The molecule has 0 radical (unpaired) electrons. The third-order valence-electron chi connectivity index (χ3n) is 5.05. The molecule has 1 aliphatic heterocycles. The molecule has 3 rings (SSSR count). The van der Waals surface area contributed by atoms with Gasteiger partial charge in [-0.25, -0.2) is 17.9 Å². The van der Waals surface area contributed by atoms with E-state index < -0.39 is 16.0 Å². The van der Waals surface area contributed by atoms with E-state index >= 15 is 0 Å². The van der Waals surface area contributed by atoms with Gasteiger partial charge in [0.15, 0.2) is 0 Å². The van der Waals surface area contributed by atoms with Crippen LogP contribution in [0.5, 0.6) is 0 Å². The van der Waals surface area contributed by atoms with Gasteiger partial charge in [-0.3, -0.25) is 4.90 Å². The highest BCUT2D eigenvalue weighted by Gasteiger charge is 2.25. The summed E-state index contributed by atoms with van der Waals surface area (Å²) in [5, 5.41) is 0. The van der Waals surface area contributed by atoms with Crippen LogP contribution in [0.2, 0.25) is 0 Å². The topological polar surface area (TPSA) is 75.7 Å². The summed E-state index contributed by atoms with van der Waals surface area (Å²) in [6.07, 6.45) is 1.51. The lowest BCUT2D eigenvalue weighted by molar-refractivity contribution is 0.0526. The number of likely N-dealkylation sites (tertiary alicyclic amines) is 1. The second-order valence-corrected chi connectivity index (χ2v) is 9.12. The number of nitrogens with one attached hydrogen (secondary N) is 1. The maximum atomic E-state index is 12.8. The van der Waals surface area contributed by atoms with Gasteiger partial charge in [0.2, 0.25) is 10.0 Å². The van der Waals surface area contributed by atoms with E-state index in [1.54, 1.807) is 19.1 Å².